The van der Waals surface area contributed by atoms with E-state index in [0.717, 1.165) is 0 Å². The number of carbonyl (C=O) groups excluding carboxylic acids is 1. The lowest BCUT2D eigenvalue weighted by Gasteiger charge is -2.11. The Morgan fingerprint density at radius 3 is 2.40 bits per heavy atom. The minimum atomic E-state index is -0.395. The van der Waals surface area contributed by atoms with Gasteiger partial charge in [-0.1, -0.05) is 34.8 Å². The molecule has 1 heterocycles. The third-order valence-corrected chi connectivity index (χ3v) is 3.41. The fraction of sp³-hybridized carbons (Fsp3) is 0.0769. The van der Waals surface area contributed by atoms with Crippen LogP contribution in [0.5, 0.6) is 0 Å². The number of hydrogen-bond donors (Lipinski definition) is 2. The molecule has 1 amide bonds. The average Bonchev–Trinajstić information content (AvgIpc) is 2.36. The van der Waals surface area contributed by atoms with Crippen LogP contribution in [0.4, 0.5) is 11.4 Å². The Bertz CT molecular complexity index is 666. The molecule has 0 spiro atoms. The SMILES string of the molecule is Cc1ncc(N)cc1C(=O)Nc1c(Cl)cc(Cl)cc1Cl. The van der Waals surface area contributed by atoms with Crippen molar-refractivity contribution in [1.29, 1.82) is 0 Å². The van der Waals surface area contributed by atoms with Gasteiger partial charge in [0, 0.05) is 5.02 Å². The maximum Gasteiger partial charge on any atom is 0.257 e. The molecule has 1 aromatic carbocycles. The van der Waals surface area contributed by atoms with Gasteiger partial charge in [0.2, 0.25) is 0 Å². The molecule has 20 heavy (non-hydrogen) atoms. The zero-order valence-corrected chi connectivity index (χ0v) is 12.6. The third-order valence-electron chi connectivity index (χ3n) is 2.60. The normalized spacial score (nSPS) is 10.4. The molecular formula is C13H10Cl3N3O. The van der Waals surface area contributed by atoms with Crippen molar-refractivity contribution in [2.45, 2.75) is 6.92 Å². The van der Waals surface area contributed by atoms with E-state index in [2.05, 4.69) is 10.3 Å². The fourth-order valence-electron chi connectivity index (χ4n) is 1.62. The van der Waals surface area contributed by atoms with Crippen LogP contribution in [0.2, 0.25) is 15.1 Å². The van der Waals surface area contributed by atoms with Crippen LogP contribution in [0.25, 0.3) is 0 Å². The van der Waals surface area contributed by atoms with Crippen LogP contribution in [-0.2, 0) is 0 Å². The van der Waals surface area contributed by atoms with Crippen molar-refractivity contribution in [3.63, 3.8) is 0 Å². The number of carbonyl (C=O) groups is 1. The van der Waals surface area contributed by atoms with Crippen molar-refractivity contribution < 1.29 is 4.79 Å². The van der Waals surface area contributed by atoms with E-state index in [0.29, 0.717) is 27.7 Å². The second-order valence-electron chi connectivity index (χ2n) is 4.10. The van der Waals surface area contributed by atoms with E-state index in [1.807, 2.05) is 0 Å². The number of anilines is 2. The fourth-order valence-corrected chi connectivity index (χ4v) is 2.53. The summed E-state index contributed by atoms with van der Waals surface area (Å²) in [5.41, 5.74) is 7.23. The number of aryl methyl sites for hydroxylation is 1. The Hall–Kier alpha value is -1.49. The molecular weight excluding hydrogens is 321 g/mol. The lowest BCUT2D eigenvalue weighted by Crippen LogP contribution is -2.15. The first-order valence-corrected chi connectivity index (χ1v) is 6.70. The van der Waals surface area contributed by atoms with Crippen LogP contribution in [0.15, 0.2) is 24.4 Å². The second kappa shape index (κ2) is 5.87. The van der Waals surface area contributed by atoms with Crippen LogP contribution in [0.1, 0.15) is 16.1 Å². The summed E-state index contributed by atoms with van der Waals surface area (Å²) >= 11 is 17.8. The van der Waals surface area contributed by atoms with Gasteiger partial charge in [-0.05, 0) is 25.1 Å². The van der Waals surface area contributed by atoms with Gasteiger partial charge in [-0.15, -0.1) is 0 Å². The van der Waals surface area contributed by atoms with Gasteiger partial charge < -0.3 is 11.1 Å². The molecule has 0 saturated carbocycles. The Morgan fingerprint density at radius 1 is 1.20 bits per heavy atom. The van der Waals surface area contributed by atoms with Gasteiger partial charge in [-0.3, -0.25) is 9.78 Å². The van der Waals surface area contributed by atoms with E-state index < -0.39 is 5.91 Å². The molecule has 0 unspecified atom stereocenters. The Balaban J connectivity index is 2.35. The summed E-state index contributed by atoms with van der Waals surface area (Å²) in [6.07, 6.45) is 1.48. The molecule has 3 N–H and O–H groups in total. The lowest BCUT2D eigenvalue weighted by molar-refractivity contribution is 0.102. The molecule has 2 rings (SSSR count). The first kappa shape index (κ1) is 14.9. The smallest absolute Gasteiger partial charge is 0.257 e. The molecule has 0 aliphatic carbocycles. The monoisotopic (exact) mass is 329 g/mol. The molecule has 7 heteroatoms. The summed E-state index contributed by atoms with van der Waals surface area (Å²) in [6.45, 7) is 1.71. The van der Waals surface area contributed by atoms with E-state index in [1.54, 1.807) is 6.92 Å². The molecule has 0 saturated heterocycles. The van der Waals surface area contributed by atoms with E-state index in [9.17, 15) is 4.79 Å². The molecule has 1 aromatic heterocycles. The minimum Gasteiger partial charge on any atom is -0.397 e. The van der Waals surface area contributed by atoms with Crippen molar-refractivity contribution in [3.05, 3.63) is 50.7 Å². The number of pyridine rings is 1. The molecule has 0 fully saturated rings. The number of rotatable bonds is 2. The summed E-state index contributed by atoms with van der Waals surface area (Å²) in [4.78, 5) is 16.2. The minimum absolute atomic E-state index is 0.255. The van der Waals surface area contributed by atoms with Gasteiger partial charge in [-0.2, -0.15) is 0 Å². The van der Waals surface area contributed by atoms with Crippen molar-refractivity contribution in [2.75, 3.05) is 11.1 Å². The van der Waals surface area contributed by atoms with E-state index in [-0.39, 0.29) is 10.0 Å². The van der Waals surface area contributed by atoms with Gasteiger partial charge in [-0.25, -0.2) is 0 Å². The predicted molar refractivity (Wildman–Crippen MR) is 82.8 cm³/mol. The number of benzene rings is 1. The highest BCUT2D eigenvalue weighted by atomic mass is 35.5. The quantitative estimate of drug-likeness (QED) is 0.867. The van der Waals surface area contributed by atoms with Crippen LogP contribution in [0, 0.1) is 6.92 Å². The number of nitrogen functional groups attached to an aromatic ring is 1. The molecule has 0 atom stereocenters. The number of amides is 1. The van der Waals surface area contributed by atoms with Crippen molar-refractivity contribution in [1.82, 2.24) is 4.98 Å². The predicted octanol–water partition coefficient (Wildman–Crippen LogP) is 4.18. The topological polar surface area (TPSA) is 68.0 Å². The van der Waals surface area contributed by atoms with Gasteiger partial charge in [0.25, 0.3) is 5.91 Å². The second-order valence-corrected chi connectivity index (χ2v) is 5.35. The van der Waals surface area contributed by atoms with Crippen LogP contribution in [-0.4, -0.2) is 10.9 Å². The van der Waals surface area contributed by atoms with E-state index >= 15 is 0 Å². The number of aromatic nitrogens is 1. The Kier molecular flexibility index (Phi) is 4.38. The highest BCUT2D eigenvalue weighted by Crippen LogP contribution is 2.34. The molecule has 2 aromatic rings. The number of nitrogens with one attached hydrogen (secondary N) is 1. The van der Waals surface area contributed by atoms with E-state index in [1.165, 1.54) is 24.4 Å². The summed E-state index contributed by atoms with van der Waals surface area (Å²) in [6, 6.07) is 4.53. The van der Waals surface area contributed by atoms with Crippen molar-refractivity contribution >= 4 is 52.1 Å². The van der Waals surface area contributed by atoms with Gasteiger partial charge in [0.15, 0.2) is 0 Å². The summed E-state index contributed by atoms with van der Waals surface area (Å²) < 4.78 is 0. The summed E-state index contributed by atoms with van der Waals surface area (Å²) in [5, 5.41) is 3.53. The standard InChI is InChI=1S/C13H10Cl3N3O/c1-6-9(4-8(17)5-18-6)13(20)19-12-10(15)2-7(14)3-11(12)16/h2-5H,17H2,1H3,(H,19,20). The summed E-state index contributed by atoms with van der Waals surface area (Å²) in [7, 11) is 0. The van der Waals surface area contributed by atoms with Gasteiger partial charge in [0.1, 0.15) is 0 Å². The van der Waals surface area contributed by atoms with Gasteiger partial charge >= 0.3 is 0 Å². The zero-order valence-electron chi connectivity index (χ0n) is 10.4. The molecule has 0 bridgehead atoms. The maximum absolute atomic E-state index is 12.2. The number of hydrogen-bond acceptors (Lipinski definition) is 3. The molecule has 104 valence electrons. The molecule has 0 radical (unpaired) electrons. The molecule has 4 nitrogen and oxygen atoms in total. The van der Waals surface area contributed by atoms with Crippen molar-refractivity contribution in [2.24, 2.45) is 0 Å². The molecule has 0 aliphatic heterocycles. The number of halogens is 3. The number of nitrogens with two attached hydrogens (primary N) is 1. The maximum atomic E-state index is 12.2. The Labute approximate surface area is 130 Å². The van der Waals surface area contributed by atoms with Crippen molar-refractivity contribution in [3.8, 4) is 0 Å². The first-order valence-electron chi connectivity index (χ1n) is 5.56. The summed E-state index contributed by atoms with van der Waals surface area (Å²) in [5.74, 6) is -0.395. The zero-order chi connectivity index (χ0) is 14.9. The number of nitrogens with zero attached hydrogens (tertiary/aromatic N) is 1. The lowest BCUT2D eigenvalue weighted by atomic mass is 10.1. The van der Waals surface area contributed by atoms with E-state index in [4.69, 9.17) is 40.5 Å². The third kappa shape index (κ3) is 3.15. The van der Waals surface area contributed by atoms with Crippen LogP contribution in [0.3, 0.4) is 0 Å². The van der Waals surface area contributed by atoms with Gasteiger partial charge in [0.05, 0.1) is 38.9 Å². The first-order chi connectivity index (χ1) is 9.38. The highest BCUT2D eigenvalue weighted by Gasteiger charge is 2.15. The van der Waals surface area contributed by atoms with Crippen LogP contribution >= 0.6 is 34.8 Å². The Morgan fingerprint density at radius 2 is 1.80 bits per heavy atom. The highest BCUT2D eigenvalue weighted by molar-refractivity contribution is 6.42. The average molecular weight is 331 g/mol. The van der Waals surface area contributed by atoms with Crippen LogP contribution < -0.4 is 11.1 Å². The molecule has 0 aliphatic rings. The largest absolute Gasteiger partial charge is 0.397 e.